The van der Waals surface area contributed by atoms with Gasteiger partial charge < -0.3 is 10.2 Å². The van der Waals surface area contributed by atoms with Crippen LogP contribution in [-0.4, -0.2) is 52.0 Å². The average Bonchev–Trinajstić information content (AvgIpc) is 2.83. The maximum atomic E-state index is 12.9. The number of para-hydroxylation sites is 1. The van der Waals surface area contributed by atoms with Crippen LogP contribution in [0, 0.1) is 6.92 Å². The molecular formula is C25H27N3O4S2. The topological polar surface area (TPSA) is 86.8 Å². The summed E-state index contributed by atoms with van der Waals surface area (Å²) in [5, 5.41) is 2.83. The number of thioether (sulfide) groups is 1. The van der Waals surface area contributed by atoms with Crippen molar-refractivity contribution in [1.29, 1.82) is 0 Å². The average molecular weight is 498 g/mol. The van der Waals surface area contributed by atoms with Gasteiger partial charge in [0.2, 0.25) is 5.91 Å². The van der Waals surface area contributed by atoms with E-state index in [2.05, 4.69) is 5.32 Å². The quantitative estimate of drug-likeness (QED) is 0.470. The Morgan fingerprint density at radius 3 is 2.15 bits per heavy atom. The zero-order valence-corrected chi connectivity index (χ0v) is 21.1. The van der Waals surface area contributed by atoms with E-state index in [1.807, 2.05) is 37.4 Å². The molecule has 0 fully saturated rings. The number of carbonyl (C=O) groups excluding carboxylic acids is 2. The maximum absolute atomic E-state index is 12.9. The van der Waals surface area contributed by atoms with Crippen LogP contribution in [0.15, 0.2) is 82.6 Å². The number of nitrogens with one attached hydrogen (secondary N) is 1. The summed E-state index contributed by atoms with van der Waals surface area (Å²) in [6.45, 7) is 1.77. The zero-order valence-electron chi connectivity index (χ0n) is 19.5. The third-order valence-electron chi connectivity index (χ3n) is 5.27. The fraction of sp³-hybridized carbons (Fsp3) is 0.200. The SMILES string of the molecule is CSc1ccccc1NC(=O)CN(C)C(=O)c1ccc(N(C)S(=O)(=O)c2ccc(C)cc2)cc1. The summed E-state index contributed by atoms with van der Waals surface area (Å²) in [7, 11) is -0.713. The van der Waals surface area contributed by atoms with Crippen LogP contribution < -0.4 is 9.62 Å². The number of hydrogen-bond acceptors (Lipinski definition) is 5. The Morgan fingerprint density at radius 2 is 1.53 bits per heavy atom. The predicted molar refractivity (Wildman–Crippen MR) is 137 cm³/mol. The van der Waals surface area contributed by atoms with Crippen molar-refractivity contribution in [3.8, 4) is 0 Å². The van der Waals surface area contributed by atoms with Crippen molar-refractivity contribution >= 4 is 45.0 Å². The molecule has 3 aromatic carbocycles. The molecule has 0 bridgehead atoms. The number of carbonyl (C=O) groups is 2. The van der Waals surface area contributed by atoms with E-state index < -0.39 is 10.0 Å². The molecule has 34 heavy (non-hydrogen) atoms. The number of anilines is 2. The van der Waals surface area contributed by atoms with Crippen molar-refractivity contribution in [2.24, 2.45) is 0 Å². The molecule has 0 saturated heterocycles. The molecule has 7 nitrogen and oxygen atoms in total. The van der Waals surface area contributed by atoms with Crippen LogP contribution in [0.2, 0.25) is 0 Å². The first kappa shape index (κ1) is 25.3. The van der Waals surface area contributed by atoms with Gasteiger partial charge in [-0.2, -0.15) is 0 Å². The lowest BCUT2D eigenvalue weighted by Gasteiger charge is -2.21. The van der Waals surface area contributed by atoms with Gasteiger partial charge in [0.15, 0.2) is 0 Å². The number of amides is 2. The van der Waals surface area contributed by atoms with Crippen LogP contribution in [0.3, 0.4) is 0 Å². The summed E-state index contributed by atoms with van der Waals surface area (Å²) >= 11 is 1.52. The number of sulfonamides is 1. The molecule has 1 N–H and O–H groups in total. The molecule has 0 unspecified atom stereocenters. The second-order valence-corrected chi connectivity index (χ2v) is 10.6. The highest BCUT2D eigenvalue weighted by atomic mass is 32.2. The van der Waals surface area contributed by atoms with Gasteiger partial charge in [0, 0.05) is 24.6 Å². The molecule has 0 aromatic heterocycles. The Morgan fingerprint density at radius 1 is 0.912 bits per heavy atom. The van der Waals surface area contributed by atoms with Crippen LogP contribution in [0.1, 0.15) is 15.9 Å². The maximum Gasteiger partial charge on any atom is 0.264 e. The molecule has 0 radical (unpaired) electrons. The minimum Gasteiger partial charge on any atom is -0.332 e. The summed E-state index contributed by atoms with van der Waals surface area (Å²) < 4.78 is 27.0. The molecule has 3 aromatic rings. The minimum absolute atomic E-state index is 0.120. The second-order valence-electron chi connectivity index (χ2n) is 7.74. The van der Waals surface area contributed by atoms with Gasteiger partial charge in [-0.05, 0) is 61.7 Å². The van der Waals surface area contributed by atoms with Crippen molar-refractivity contribution in [1.82, 2.24) is 4.90 Å². The number of nitrogens with zero attached hydrogens (tertiary/aromatic N) is 2. The van der Waals surface area contributed by atoms with Gasteiger partial charge in [0.25, 0.3) is 15.9 Å². The van der Waals surface area contributed by atoms with Gasteiger partial charge in [-0.15, -0.1) is 11.8 Å². The zero-order chi connectivity index (χ0) is 24.9. The third-order valence-corrected chi connectivity index (χ3v) is 7.86. The van der Waals surface area contributed by atoms with E-state index >= 15 is 0 Å². The largest absolute Gasteiger partial charge is 0.332 e. The Hall–Kier alpha value is -3.30. The first-order valence-electron chi connectivity index (χ1n) is 10.5. The minimum atomic E-state index is -3.73. The molecule has 0 spiro atoms. The van der Waals surface area contributed by atoms with Gasteiger partial charge in [0.05, 0.1) is 22.8 Å². The molecule has 178 valence electrons. The molecule has 2 amide bonds. The molecular weight excluding hydrogens is 470 g/mol. The number of rotatable bonds is 8. The smallest absolute Gasteiger partial charge is 0.264 e. The first-order valence-corrected chi connectivity index (χ1v) is 13.1. The first-order chi connectivity index (χ1) is 16.1. The van der Waals surface area contributed by atoms with Crippen LogP contribution in [0.4, 0.5) is 11.4 Å². The number of benzene rings is 3. The molecule has 0 heterocycles. The number of aryl methyl sites for hydroxylation is 1. The van der Waals surface area contributed by atoms with Crippen molar-refractivity contribution < 1.29 is 18.0 Å². The van der Waals surface area contributed by atoms with Crippen LogP contribution in [0.25, 0.3) is 0 Å². The summed E-state index contributed by atoms with van der Waals surface area (Å²) in [5.41, 5.74) is 2.44. The highest BCUT2D eigenvalue weighted by Gasteiger charge is 2.22. The van der Waals surface area contributed by atoms with Gasteiger partial charge in [-0.1, -0.05) is 29.8 Å². The van der Waals surface area contributed by atoms with Crippen molar-refractivity contribution in [3.63, 3.8) is 0 Å². The molecule has 9 heteroatoms. The number of hydrogen-bond donors (Lipinski definition) is 1. The monoisotopic (exact) mass is 497 g/mol. The highest BCUT2D eigenvalue weighted by molar-refractivity contribution is 7.98. The van der Waals surface area contributed by atoms with E-state index in [0.717, 1.165) is 10.5 Å². The molecule has 0 aliphatic carbocycles. The summed E-state index contributed by atoms with van der Waals surface area (Å²) in [5.74, 6) is -0.651. The van der Waals surface area contributed by atoms with Gasteiger partial charge in [-0.25, -0.2) is 8.42 Å². The van der Waals surface area contributed by atoms with Crippen molar-refractivity contribution in [3.05, 3.63) is 83.9 Å². The Balaban J connectivity index is 1.67. The van der Waals surface area contributed by atoms with Gasteiger partial charge >= 0.3 is 0 Å². The molecule has 0 saturated carbocycles. The van der Waals surface area contributed by atoms with E-state index in [1.54, 1.807) is 55.6 Å². The molecule has 0 aliphatic rings. The van der Waals surface area contributed by atoms with E-state index in [4.69, 9.17) is 0 Å². The normalized spacial score (nSPS) is 11.1. The molecule has 3 rings (SSSR count). The lowest BCUT2D eigenvalue weighted by Crippen LogP contribution is -2.35. The number of likely N-dealkylation sites (N-methyl/N-ethyl adjacent to an activating group) is 1. The Kier molecular flexibility index (Phi) is 8.01. The van der Waals surface area contributed by atoms with Gasteiger partial charge in [-0.3, -0.25) is 13.9 Å². The third kappa shape index (κ3) is 5.78. The van der Waals surface area contributed by atoms with Crippen molar-refractivity contribution in [2.45, 2.75) is 16.7 Å². The van der Waals surface area contributed by atoms with E-state index in [-0.39, 0.29) is 23.3 Å². The summed E-state index contributed by atoms with van der Waals surface area (Å²) in [6.07, 6.45) is 1.92. The Labute approximate surface area is 204 Å². The highest BCUT2D eigenvalue weighted by Crippen LogP contribution is 2.25. The Bertz CT molecular complexity index is 1270. The lowest BCUT2D eigenvalue weighted by molar-refractivity contribution is -0.116. The van der Waals surface area contributed by atoms with Crippen LogP contribution >= 0.6 is 11.8 Å². The summed E-state index contributed by atoms with van der Waals surface area (Å²) in [6, 6.07) is 20.3. The standard InChI is InChI=1S/C25H27N3O4S2/c1-18-9-15-21(16-10-18)34(31,32)28(3)20-13-11-19(12-14-20)25(30)27(2)17-24(29)26-22-7-5-6-8-23(22)33-4/h5-16H,17H2,1-4H3,(H,26,29). The van der Waals surface area contributed by atoms with Gasteiger partial charge in [0.1, 0.15) is 0 Å². The van der Waals surface area contributed by atoms with Crippen LogP contribution in [0.5, 0.6) is 0 Å². The van der Waals surface area contributed by atoms with E-state index in [9.17, 15) is 18.0 Å². The van der Waals surface area contributed by atoms with E-state index in [1.165, 1.54) is 28.0 Å². The fourth-order valence-corrected chi connectivity index (χ4v) is 5.02. The lowest BCUT2D eigenvalue weighted by atomic mass is 10.2. The fourth-order valence-electron chi connectivity index (χ4n) is 3.27. The summed E-state index contributed by atoms with van der Waals surface area (Å²) in [4.78, 5) is 27.7. The van der Waals surface area contributed by atoms with Crippen molar-refractivity contribution in [2.75, 3.05) is 36.5 Å². The van der Waals surface area contributed by atoms with Crippen LogP contribution in [-0.2, 0) is 14.8 Å². The second kappa shape index (κ2) is 10.8. The molecule has 0 atom stereocenters. The van der Waals surface area contributed by atoms with E-state index in [0.29, 0.717) is 16.9 Å². The predicted octanol–water partition coefficient (Wildman–Crippen LogP) is 4.25. The molecule has 0 aliphatic heterocycles.